The maximum Gasteiger partial charge on any atom is 0.225 e. The Labute approximate surface area is 82.7 Å². The molecule has 0 saturated heterocycles. The number of rotatable bonds is 4. The summed E-state index contributed by atoms with van der Waals surface area (Å²) >= 11 is 0. The Morgan fingerprint density at radius 2 is 2.50 bits per heavy atom. The average molecular weight is 194 g/mol. The SMILES string of the molecule is CC(CN)CC(=O)Nc1cccnn1. The van der Waals surface area contributed by atoms with Crippen molar-refractivity contribution in [3.05, 3.63) is 18.3 Å². The van der Waals surface area contributed by atoms with Gasteiger partial charge in [-0.2, -0.15) is 5.10 Å². The smallest absolute Gasteiger partial charge is 0.225 e. The van der Waals surface area contributed by atoms with Crippen molar-refractivity contribution in [3.8, 4) is 0 Å². The van der Waals surface area contributed by atoms with Gasteiger partial charge in [0, 0.05) is 12.6 Å². The number of nitrogens with two attached hydrogens (primary N) is 1. The molecule has 1 rings (SSSR count). The van der Waals surface area contributed by atoms with Crippen molar-refractivity contribution in [2.45, 2.75) is 13.3 Å². The van der Waals surface area contributed by atoms with Crippen molar-refractivity contribution < 1.29 is 4.79 Å². The van der Waals surface area contributed by atoms with Crippen LogP contribution in [0.25, 0.3) is 0 Å². The highest BCUT2D eigenvalue weighted by Gasteiger charge is 2.07. The zero-order chi connectivity index (χ0) is 10.4. The molecule has 0 spiro atoms. The second-order valence-electron chi connectivity index (χ2n) is 3.20. The van der Waals surface area contributed by atoms with Gasteiger partial charge in [-0.15, -0.1) is 5.10 Å². The van der Waals surface area contributed by atoms with Crippen molar-refractivity contribution in [1.82, 2.24) is 10.2 Å². The van der Waals surface area contributed by atoms with Crippen LogP contribution in [0, 0.1) is 5.92 Å². The first-order valence-electron chi connectivity index (χ1n) is 4.50. The molecule has 0 radical (unpaired) electrons. The van der Waals surface area contributed by atoms with Gasteiger partial charge in [-0.1, -0.05) is 6.92 Å². The van der Waals surface area contributed by atoms with Gasteiger partial charge >= 0.3 is 0 Å². The third-order valence-electron chi connectivity index (χ3n) is 1.78. The van der Waals surface area contributed by atoms with Crippen LogP contribution in [-0.4, -0.2) is 22.6 Å². The van der Waals surface area contributed by atoms with Crippen LogP contribution in [-0.2, 0) is 4.79 Å². The normalized spacial score (nSPS) is 12.1. The van der Waals surface area contributed by atoms with Gasteiger partial charge in [0.2, 0.25) is 5.91 Å². The monoisotopic (exact) mass is 194 g/mol. The molecule has 0 aromatic carbocycles. The van der Waals surface area contributed by atoms with E-state index in [9.17, 15) is 4.79 Å². The molecule has 0 aliphatic heterocycles. The van der Waals surface area contributed by atoms with E-state index < -0.39 is 0 Å². The van der Waals surface area contributed by atoms with E-state index in [1.807, 2.05) is 6.92 Å². The molecule has 1 aromatic rings. The highest BCUT2D eigenvalue weighted by Crippen LogP contribution is 2.03. The maximum absolute atomic E-state index is 11.3. The molecule has 0 fully saturated rings. The van der Waals surface area contributed by atoms with Crippen molar-refractivity contribution in [2.75, 3.05) is 11.9 Å². The predicted octanol–water partition coefficient (Wildman–Crippen LogP) is 0.400. The molecule has 1 aromatic heterocycles. The van der Waals surface area contributed by atoms with Crippen LogP contribution >= 0.6 is 0 Å². The van der Waals surface area contributed by atoms with Gasteiger partial charge in [0.15, 0.2) is 5.82 Å². The summed E-state index contributed by atoms with van der Waals surface area (Å²) in [6, 6.07) is 3.41. The number of carbonyl (C=O) groups is 1. The number of amides is 1. The van der Waals surface area contributed by atoms with Crippen molar-refractivity contribution in [3.63, 3.8) is 0 Å². The van der Waals surface area contributed by atoms with Crippen LogP contribution in [0.1, 0.15) is 13.3 Å². The van der Waals surface area contributed by atoms with Crippen LogP contribution in [0.3, 0.4) is 0 Å². The molecule has 1 unspecified atom stereocenters. The Kier molecular flexibility index (Phi) is 4.00. The first-order chi connectivity index (χ1) is 6.72. The molecule has 0 aliphatic rings. The topological polar surface area (TPSA) is 80.9 Å². The summed E-state index contributed by atoms with van der Waals surface area (Å²) in [7, 11) is 0. The molecular weight excluding hydrogens is 180 g/mol. The maximum atomic E-state index is 11.3. The molecule has 0 bridgehead atoms. The highest BCUT2D eigenvalue weighted by atomic mass is 16.1. The summed E-state index contributed by atoms with van der Waals surface area (Å²) < 4.78 is 0. The fraction of sp³-hybridized carbons (Fsp3) is 0.444. The molecule has 1 atom stereocenters. The number of hydrogen-bond donors (Lipinski definition) is 2. The molecule has 3 N–H and O–H groups in total. The van der Waals surface area contributed by atoms with Crippen LogP contribution < -0.4 is 11.1 Å². The zero-order valence-electron chi connectivity index (χ0n) is 8.10. The highest BCUT2D eigenvalue weighted by molar-refractivity contribution is 5.89. The summed E-state index contributed by atoms with van der Waals surface area (Å²) in [6.45, 7) is 2.43. The molecule has 1 heterocycles. The van der Waals surface area contributed by atoms with Gasteiger partial charge in [0.1, 0.15) is 0 Å². The number of aromatic nitrogens is 2. The summed E-state index contributed by atoms with van der Waals surface area (Å²) in [5.41, 5.74) is 5.41. The summed E-state index contributed by atoms with van der Waals surface area (Å²) in [6.07, 6.45) is 1.96. The van der Waals surface area contributed by atoms with E-state index in [1.54, 1.807) is 18.3 Å². The Morgan fingerprint density at radius 3 is 3.07 bits per heavy atom. The predicted molar refractivity (Wildman–Crippen MR) is 53.5 cm³/mol. The molecule has 5 heteroatoms. The van der Waals surface area contributed by atoms with Crippen LogP contribution in [0.2, 0.25) is 0 Å². The van der Waals surface area contributed by atoms with Gasteiger partial charge in [-0.25, -0.2) is 0 Å². The minimum Gasteiger partial charge on any atom is -0.330 e. The van der Waals surface area contributed by atoms with Gasteiger partial charge in [0.05, 0.1) is 0 Å². The first kappa shape index (κ1) is 10.6. The van der Waals surface area contributed by atoms with E-state index in [0.717, 1.165) is 0 Å². The third kappa shape index (κ3) is 3.49. The fourth-order valence-electron chi connectivity index (χ4n) is 0.962. The van der Waals surface area contributed by atoms with Crippen LogP contribution in [0.4, 0.5) is 5.82 Å². The molecule has 0 aliphatic carbocycles. The van der Waals surface area contributed by atoms with Gasteiger partial charge in [0.25, 0.3) is 0 Å². The van der Waals surface area contributed by atoms with E-state index >= 15 is 0 Å². The molecule has 0 saturated carbocycles. The lowest BCUT2D eigenvalue weighted by Crippen LogP contribution is -2.20. The van der Waals surface area contributed by atoms with Gasteiger partial charge in [-0.05, 0) is 24.6 Å². The molecule has 14 heavy (non-hydrogen) atoms. The molecule has 76 valence electrons. The third-order valence-corrected chi connectivity index (χ3v) is 1.78. The Bertz CT molecular complexity index is 288. The van der Waals surface area contributed by atoms with E-state index in [4.69, 9.17) is 5.73 Å². The largest absolute Gasteiger partial charge is 0.330 e. The average Bonchev–Trinajstić information content (AvgIpc) is 2.19. The van der Waals surface area contributed by atoms with E-state index in [2.05, 4.69) is 15.5 Å². The number of nitrogens with zero attached hydrogens (tertiary/aromatic N) is 2. The minimum atomic E-state index is -0.0801. The summed E-state index contributed by atoms with van der Waals surface area (Å²) in [5.74, 6) is 0.580. The standard InChI is InChI=1S/C9H14N4O/c1-7(6-10)5-9(14)12-8-3-2-4-11-13-8/h2-4,7H,5-6,10H2,1H3,(H,12,13,14). The van der Waals surface area contributed by atoms with E-state index in [-0.39, 0.29) is 11.8 Å². The first-order valence-corrected chi connectivity index (χ1v) is 4.50. The molecule has 1 amide bonds. The van der Waals surface area contributed by atoms with Crippen LogP contribution in [0.15, 0.2) is 18.3 Å². The number of carbonyl (C=O) groups excluding carboxylic acids is 1. The Morgan fingerprint density at radius 1 is 1.71 bits per heavy atom. The van der Waals surface area contributed by atoms with Crippen molar-refractivity contribution in [2.24, 2.45) is 11.7 Å². The number of hydrogen-bond acceptors (Lipinski definition) is 4. The van der Waals surface area contributed by atoms with Crippen molar-refractivity contribution >= 4 is 11.7 Å². The van der Waals surface area contributed by atoms with Gasteiger partial charge in [-0.3, -0.25) is 4.79 Å². The lowest BCUT2D eigenvalue weighted by atomic mass is 10.1. The number of nitrogens with one attached hydrogen (secondary N) is 1. The van der Waals surface area contributed by atoms with E-state index in [0.29, 0.717) is 18.8 Å². The second-order valence-corrected chi connectivity index (χ2v) is 3.20. The zero-order valence-corrected chi connectivity index (χ0v) is 8.10. The second kappa shape index (κ2) is 5.29. The molecular formula is C9H14N4O. The van der Waals surface area contributed by atoms with E-state index in [1.165, 1.54) is 0 Å². The minimum absolute atomic E-state index is 0.0801. The summed E-state index contributed by atoms with van der Waals surface area (Å²) in [5, 5.41) is 10.0. The lowest BCUT2D eigenvalue weighted by molar-refractivity contribution is -0.116. The number of anilines is 1. The lowest BCUT2D eigenvalue weighted by Gasteiger charge is -2.07. The summed E-state index contributed by atoms with van der Waals surface area (Å²) in [4.78, 5) is 11.3. The Hall–Kier alpha value is -1.49. The van der Waals surface area contributed by atoms with Crippen molar-refractivity contribution in [1.29, 1.82) is 0 Å². The quantitative estimate of drug-likeness (QED) is 0.727. The van der Waals surface area contributed by atoms with Gasteiger partial charge < -0.3 is 11.1 Å². The fourth-order valence-corrected chi connectivity index (χ4v) is 0.962. The van der Waals surface area contributed by atoms with Crippen LogP contribution in [0.5, 0.6) is 0 Å². The Balaban J connectivity index is 2.42. The molecule has 5 nitrogen and oxygen atoms in total.